The molecular weight excluding hydrogens is 202 g/mol. The number of carbonyl (C=O) groups excluding carboxylic acids is 1. The molecule has 1 fully saturated rings. The third-order valence-corrected chi connectivity index (χ3v) is 3.09. The van der Waals surface area contributed by atoms with E-state index in [-0.39, 0.29) is 6.03 Å². The lowest BCUT2D eigenvalue weighted by Crippen LogP contribution is -2.43. The summed E-state index contributed by atoms with van der Waals surface area (Å²) in [6, 6.07) is 0.198. The number of carbonyl (C=O) groups is 1. The molecule has 2 amide bonds. The van der Waals surface area contributed by atoms with Gasteiger partial charge >= 0.3 is 6.03 Å². The molecule has 4 heteroatoms. The van der Waals surface area contributed by atoms with Crippen molar-refractivity contribution in [2.75, 3.05) is 47.3 Å². The van der Waals surface area contributed by atoms with Gasteiger partial charge in [-0.05, 0) is 26.9 Å². The second-order valence-electron chi connectivity index (χ2n) is 4.91. The van der Waals surface area contributed by atoms with Crippen LogP contribution in [0, 0.1) is 0 Å². The summed E-state index contributed by atoms with van der Waals surface area (Å²) < 4.78 is 0. The highest BCUT2D eigenvalue weighted by Crippen LogP contribution is 2.11. The minimum Gasteiger partial charge on any atom is -0.326 e. The molecule has 0 bridgehead atoms. The fourth-order valence-corrected chi connectivity index (χ4v) is 1.95. The number of rotatable bonds is 3. The molecule has 1 heterocycles. The summed E-state index contributed by atoms with van der Waals surface area (Å²) in [5.41, 5.74) is 0. The summed E-state index contributed by atoms with van der Waals surface area (Å²) in [7, 11) is 5.96. The van der Waals surface area contributed by atoms with Crippen molar-refractivity contribution in [3.8, 4) is 0 Å². The fraction of sp³-hybridized carbons (Fsp3) is 0.917. The Labute approximate surface area is 99.2 Å². The fourth-order valence-electron chi connectivity index (χ4n) is 1.95. The molecule has 1 saturated heterocycles. The summed E-state index contributed by atoms with van der Waals surface area (Å²) in [5, 5.41) is 0. The van der Waals surface area contributed by atoms with Crippen LogP contribution in [0.4, 0.5) is 4.79 Å². The van der Waals surface area contributed by atoms with Crippen LogP contribution in [0.3, 0.4) is 0 Å². The summed E-state index contributed by atoms with van der Waals surface area (Å²) in [4.78, 5) is 18.0. The first-order valence-corrected chi connectivity index (χ1v) is 6.26. The van der Waals surface area contributed by atoms with Gasteiger partial charge in [0.2, 0.25) is 0 Å². The number of likely N-dealkylation sites (N-methyl/N-ethyl adjacent to an activating group) is 2. The molecule has 4 nitrogen and oxygen atoms in total. The average molecular weight is 227 g/mol. The van der Waals surface area contributed by atoms with Gasteiger partial charge in [-0.1, -0.05) is 12.8 Å². The maximum atomic E-state index is 12.1. The van der Waals surface area contributed by atoms with Crippen LogP contribution in [0.15, 0.2) is 0 Å². The Kier molecular flexibility index (Phi) is 5.60. The largest absolute Gasteiger partial charge is 0.326 e. The molecule has 0 N–H and O–H groups in total. The summed E-state index contributed by atoms with van der Waals surface area (Å²) in [5.74, 6) is 0. The lowest BCUT2D eigenvalue weighted by Gasteiger charge is -2.27. The zero-order chi connectivity index (χ0) is 12.0. The molecule has 0 aromatic heterocycles. The van der Waals surface area contributed by atoms with E-state index >= 15 is 0 Å². The first-order valence-electron chi connectivity index (χ1n) is 6.26. The Balaban J connectivity index is 2.35. The molecule has 1 aliphatic rings. The van der Waals surface area contributed by atoms with E-state index in [2.05, 4.69) is 4.90 Å². The van der Waals surface area contributed by atoms with Gasteiger partial charge in [-0.25, -0.2) is 4.79 Å². The van der Waals surface area contributed by atoms with Gasteiger partial charge in [-0.2, -0.15) is 0 Å². The Morgan fingerprint density at radius 2 is 1.56 bits per heavy atom. The number of urea groups is 1. The SMILES string of the molecule is CN(C)CCN(C)C(=O)N1CCCCCC1. The number of nitrogens with zero attached hydrogens (tertiary/aromatic N) is 3. The average Bonchev–Trinajstić information content (AvgIpc) is 2.53. The first-order chi connectivity index (χ1) is 7.61. The van der Waals surface area contributed by atoms with E-state index in [1.54, 1.807) is 0 Å². The Hall–Kier alpha value is -0.770. The van der Waals surface area contributed by atoms with Gasteiger partial charge in [-0.15, -0.1) is 0 Å². The van der Waals surface area contributed by atoms with Crippen molar-refractivity contribution in [3.63, 3.8) is 0 Å². The summed E-state index contributed by atoms with van der Waals surface area (Å²) >= 11 is 0. The molecule has 0 atom stereocenters. The number of amides is 2. The molecule has 16 heavy (non-hydrogen) atoms. The molecule has 0 aliphatic carbocycles. The van der Waals surface area contributed by atoms with Crippen molar-refractivity contribution in [1.29, 1.82) is 0 Å². The molecule has 0 aromatic rings. The lowest BCUT2D eigenvalue weighted by molar-refractivity contribution is 0.161. The predicted molar refractivity (Wildman–Crippen MR) is 66.6 cm³/mol. The number of hydrogen-bond donors (Lipinski definition) is 0. The topological polar surface area (TPSA) is 26.8 Å². The third-order valence-electron chi connectivity index (χ3n) is 3.09. The Morgan fingerprint density at radius 3 is 2.06 bits per heavy atom. The Morgan fingerprint density at radius 1 is 1.00 bits per heavy atom. The van der Waals surface area contributed by atoms with Crippen LogP contribution in [0.25, 0.3) is 0 Å². The normalized spacial score (nSPS) is 17.4. The van der Waals surface area contributed by atoms with Crippen molar-refractivity contribution in [3.05, 3.63) is 0 Å². The second-order valence-corrected chi connectivity index (χ2v) is 4.91. The molecular formula is C12H25N3O. The van der Waals surface area contributed by atoms with Crippen LogP contribution in [-0.4, -0.2) is 68.1 Å². The first kappa shape index (κ1) is 13.3. The van der Waals surface area contributed by atoms with E-state index in [9.17, 15) is 4.79 Å². The van der Waals surface area contributed by atoms with E-state index in [0.29, 0.717) is 0 Å². The van der Waals surface area contributed by atoms with Crippen LogP contribution in [0.1, 0.15) is 25.7 Å². The predicted octanol–water partition coefficient (Wildman–Crippen LogP) is 1.48. The highest BCUT2D eigenvalue weighted by molar-refractivity contribution is 5.74. The molecule has 0 radical (unpaired) electrons. The van der Waals surface area contributed by atoms with E-state index < -0.39 is 0 Å². The van der Waals surface area contributed by atoms with Crippen LogP contribution in [0.2, 0.25) is 0 Å². The van der Waals surface area contributed by atoms with Gasteiger partial charge in [0.15, 0.2) is 0 Å². The van der Waals surface area contributed by atoms with Gasteiger partial charge in [-0.3, -0.25) is 0 Å². The molecule has 0 aromatic carbocycles. The molecule has 0 spiro atoms. The van der Waals surface area contributed by atoms with Crippen molar-refractivity contribution < 1.29 is 4.79 Å². The highest BCUT2D eigenvalue weighted by Gasteiger charge is 2.18. The van der Waals surface area contributed by atoms with Gasteiger partial charge < -0.3 is 14.7 Å². The molecule has 1 aliphatic heterocycles. The zero-order valence-corrected chi connectivity index (χ0v) is 10.9. The monoisotopic (exact) mass is 227 g/mol. The minimum atomic E-state index is 0.198. The number of likely N-dealkylation sites (tertiary alicyclic amines) is 1. The van der Waals surface area contributed by atoms with Gasteiger partial charge in [0.1, 0.15) is 0 Å². The van der Waals surface area contributed by atoms with Crippen LogP contribution < -0.4 is 0 Å². The Bertz CT molecular complexity index is 210. The standard InChI is InChI=1S/C12H25N3O/c1-13(2)10-11-14(3)12(16)15-8-6-4-5-7-9-15/h4-11H2,1-3H3. The van der Waals surface area contributed by atoms with Gasteiger partial charge in [0.25, 0.3) is 0 Å². The molecule has 0 unspecified atom stereocenters. The molecule has 1 rings (SSSR count). The minimum absolute atomic E-state index is 0.198. The highest BCUT2D eigenvalue weighted by atomic mass is 16.2. The van der Waals surface area contributed by atoms with E-state index in [1.165, 1.54) is 12.8 Å². The smallest absolute Gasteiger partial charge is 0.319 e. The zero-order valence-electron chi connectivity index (χ0n) is 10.9. The summed E-state index contributed by atoms with van der Waals surface area (Å²) in [6.07, 6.45) is 4.86. The number of hydrogen-bond acceptors (Lipinski definition) is 2. The lowest BCUT2D eigenvalue weighted by atomic mass is 10.2. The van der Waals surface area contributed by atoms with E-state index in [0.717, 1.165) is 39.0 Å². The van der Waals surface area contributed by atoms with Crippen LogP contribution in [0.5, 0.6) is 0 Å². The van der Waals surface area contributed by atoms with Gasteiger partial charge in [0.05, 0.1) is 0 Å². The van der Waals surface area contributed by atoms with Crippen molar-refractivity contribution in [2.24, 2.45) is 0 Å². The van der Waals surface area contributed by atoms with Crippen molar-refractivity contribution in [1.82, 2.24) is 14.7 Å². The third kappa shape index (κ3) is 4.39. The quantitative estimate of drug-likeness (QED) is 0.730. The molecule has 0 saturated carbocycles. The van der Waals surface area contributed by atoms with E-state index in [1.807, 2.05) is 30.9 Å². The van der Waals surface area contributed by atoms with Gasteiger partial charge in [0, 0.05) is 33.2 Å². The molecule has 94 valence electrons. The maximum absolute atomic E-state index is 12.1. The van der Waals surface area contributed by atoms with Crippen molar-refractivity contribution >= 4 is 6.03 Å². The van der Waals surface area contributed by atoms with Crippen LogP contribution >= 0.6 is 0 Å². The second kappa shape index (κ2) is 6.74. The summed E-state index contributed by atoms with van der Waals surface area (Å²) in [6.45, 7) is 3.61. The van der Waals surface area contributed by atoms with E-state index in [4.69, 9.17) is 0 Å². The maximum Gasteiger partial charge on any atom is 0.319 e. The van der Waals surface area contributed by atoms with Crippen molar-refractivity contribution in [2.45, 2.75) is 25.7 Å². The van der Waals surface area contributed by atoms with Crippen LogP contribution in [-0.2, 0) is 0 Å².